The van der Waals surface area contributed by atoms with Gasteiger partial charge >= 0.3 is 5.97 Å². The third-order valence-corrected chi connectivity index (χ3v) is 2.97. The minimum absolute atomic E-state index is 0.278. The van der Waals surface area contributed by atoms with Crippen molar-refractivity contribution in [2.24, 2.45) is 0 Å². The zero-order chi connectivity index (χ0) is 13.6. The minimum Gasteiger partial charge on any atom is -0.464 e. The van der Waals surface area contributed by atoms with Crippen molar-refractivity contribution in [3.8, 4) is 0 Å². The molecule has 1 aromatic rings. The number of benzene rings is 1. The van der Waals surface area contributed by atoms with Crippen molar-refractivity contribution >= 4 is 5.97 Å². The summed E-state index contributed by atoms with van der Waals surface area (Å²) in [5, 5.41) is 3.07. The summed E-state index contributed by atoms with van der Waals surface area (Å²) in [7, 11) is 0. The molecule has 0 aliphatic carbocycles. The number of nitrogens with one attached hydrogen (secondary N) is 1. The number of halogens is 1. The largest absolute Gasteiger partial charge is 0.464 e. The number of ether oxygens (including phenoxy) is 1. The summed E-state index contributed by atoms with van der Waals surface area (Å²) in [4.78, 5) is 12.2. The van der Waals surface area contributed by atoms with Crippen LogP contribution in [0.4, 0.5) is 4.39 Å². The monoisotopic (exact) mass is 253 g/mol. The highest BCUT2D eigenvalue weighted by Crippen LogP contribution is 2.29. The van der Waals surface area contributed by atoms with Gasteiger partial charge in [-0.1, -0.05) is 32.0 Å². The molecule has 1 aromatic carbocycles. The van der Waals surface area contributed by atoms with Gasteiger partial charge in [0, 0.05) is 5.56 Å². The third kappa shape index (κ3) is 2.70. The molecule has 0 saturated heterocycles. The fourth-order valence-corrected chi connectivity index (χ4v) is 2.10. The first-order valence-corrected chi connectivity index (χ1v) is 6.29. The first-order chi connectivity index (χ1) is 8.62. The molecule has 1 unspecified atom stereocenters. The third-order valence-electron chi connectivity index (χ3n) is 2.97. The molecule has 0 saturated carbocycles. The maximum Gasteiger partial charge on any atom is 0.331 e. The van der Waals surface area contributed by atoms with Crippen LogP contribution < -0.4 is 5.32 Å². The topological polar surface area (TPSA) is 38.3 Å². The van der Waals surface area contributed by atoms with E-state index < -0.39 is 17.3 Å². The predicted molar refractivity (Wildman–Crippen MR) is 68.7 cm³/mol. The zero-order valence-corrected chi connectivity index (χ0v) is 11.1. The normalized spacial score (nSPS) is 14.0. The zero-order valence-electron chi connectivity index (χ0n) is 11.1. The molecule has 0 aliphatic heterocycles. The van der Waals surface area contributed by atoms with Gasteiger partial charge in [-0.15, -0.1) is 0 Å². The second-order valence-corrected chi connectivity index (χ2v) is 3.99. The summed E-state index contributed by atoms with van der Waals surface area (Å²) in [6.45, 7) is 6.30. The molecule has 0 bridgehead atoms. The number of hydrogen-bond acceptors (Lipinski definition) is 3. The Bertz CT molecular complexity index is 409. The molecular formula is C14H20FNO2. The van der Waals surface area contributed by atoms with Crippen LogP contribution in [0.15, 0.2) is 24.3 Å². The lowest BCUT2D eigenvalue weighted by atomic mass is 9.86. The van der Waals surface area contributed by atoms with Crippen LogP contribution in [-0.2, 0) is 15.1 Å². The number of likely N-dealkylation sites (N-methyl/N-ethyl adjacent to an activating group) is 1. The standard InChI is InChI=1S/C14H20FNO2/c1-4-14(16-5-2,13(17)18-6-3)11-9-7-8-10-12(11)15/h7-10,16H,4-6H2,1-3H3. The Balaban J connectivity index is 3.27. The molecule has 100 valence electrons. The molecule has 18 heavy (non-hydrogen) atoms. The van der Waals surface area contributed by atoms with Gasteiger partial charge < -0.3 is 4.74 Å². The predicted octanol–water partition coefficient (Wildman–Crippen LogP) is 2.60. The molecule has 0 aliphatic rings. The van der Waals surface area contributed by atoms with Crippen LogP contribution in [0.1, 0.15) is 32.8 Å². The highest BCUT2D eigenvalue weighted by atomic mass is 19.1. The molecule has 3 nitrogen and oxygen atoms in total. The maximum atomic E-state index is 13.9. The SMILES string of the molecule is CCNC(CC)(C(=O)OCC)c1ccccc1F. The van der Waals surface area contributed by atoms with Gasteiger partial charge in [-0.2, -0.15) is 0 Å². The number of carbonyl (C=O) groups excluding carboxylic acids is 1. The summed E-state index contributed by atoms with van der Waals surface area (Å²) < 4.78 is 19.0. The molecule has 1 rings (SSSR count). The van der Waals surface area contributed by atoms with E-state index in [2.05, 4.69) is 5.32 Å². The van der Waals surface area contributed by atoms with E-state index in [9.17, 15) is 9.18 Å². The first-order valence-electron chi connectivity index (χ1n) is 6.29. The molecule has 0 fully saturated rings. The van der Waals surface area contributed by atoms with E-state index in [-0.39, 0.29) is 6.61 Å². The van der Waals surface area contributed by atoms with E-state index in [1.54, 1.807) is 25.1 Å². The molecule has 1 atom stereocenters. The Morgan fingerprint density at radius 1 is 1.33 bits per heavy atom. The molecule has 4 heteroatoms. The Morgan fingerprint density at radius 2 is 2.00 bits per heavy atom. The van der Waals surface area contributed by atoms with Crippen molar-refractivity contribution in [1.29, 1.82) is 0 Å². The molecular weight excluding hydrogens is 233 g/mol. The van der Waals surface area contributed by atoms with Gasteiger partial charge in [0.05, 0.1) is 6.61 Å². The Kier molecular flexibility index (Phi) is 5.28. The Labute approximate surface area is 107 Å². The lowest BCUT2D eigenvalue weighted by Gasteiger charge is -2.31. The number of esters is 1. The number of carbonyl (C=O) groups is 1. The van der Waals surface area contributed by atoms with Crippen molar-refractivity contribution in [3.63, 3.8) is 0 Å². The van der Waals surface area contributed by atoms with Crippen molar-refractivity contribution in [1.82, 2.24) is 5.32 Å². The number of rotatable bonds is 6. The summed E-state index contributed by atoms with van der Waals surface area (Å²) in [6, 6.07) is 6.31. The molecule has 0 radical (unpaired) electrons. The molecule has 0 heterocycles. The van der Waals surface area contributed by atoms with Gasteiger partial charge in [0.15, 0.2) is 0 Å². The van der Waals surface area contributed by atoms with Crippen molar-refractivity contribution in [2.75, 3.05) is 13.2 Å². The van der Waals surface area contributed by atoms with Crippen LogP contribution in [0.5, 0.6) is 0 Å². The van der Waals surface area contributed by atoms with Crippen LogP contribution >= 0.6 is 0 Å². The van der Waals surface area contributed by atoms with Crippen LogP contribution in [0.2, 0.25) is 0 Å². The first kappa shape index (κ1) is 14.6. The van der Waals surface area contributed by atoms with Crippen LogP contribution in [0.25, 0.3) is 0 Å². The van der Waals surface area contributed by atoms with Gasteiger partial charge in [0.1, 0.15) is 11.4 Å². The van der Waals surface area contributed by atoms with E-state index in [4.69, 9.17) is 4.74 Å². The minimum atomic E-state index is -1.10. The van der Waals surface area contributed by atoms with Gasteiger partial charge in [-0.05, 0) is 26.0 Å². The van der Waals surface area contributed by atoms with Crippen LogP contribution in [-0.4, -0.2) is 19.1 Å². The van der Waals surface area contributed by atoms with E-state index >= 15 is 0 Å². The maximum absolute atomic E-state index is 13.9. The summed E-state index contributed by atoms with van der Waals surface area (Å²) in [5.74, 6) is -0.826. The summed E-state index contributed by atoms with van der Waals surface area (Å²) in [6.07, 6.45) is 0.431. The van der Waals surface area contributed by atoms with Crippen LogP contribution in [0, 0.1) is 5.82 Å². The van der Waals surface area contributed by atoms with Gasteiger partial charge in [-0.25, -0.2) is 9.18 Å². The smallest absolute Gasteiger partial charge is 0.331 e. The van der Waals surface area contributed by atoms with Crippen molar-refractivity contribution in [3.05, 3.63) is 35.6 Å². The lowest BCUT2D eigenvalue weighted by Crippen LogP contribution is -2.50. The van der Waals surface area contributed by atoms with Gasteiger partial charge in [0.25, 0.3) is 0 Å². The van der Waals surface area contributed by atoms with E-state index in [0.29, 0.717) is 18.5 Å². The van der Waals surface area contributed by atoms with E-state index in [1.807, 2.05) is 13.8 Å². The Hall–Kier alpha value is -1.42. The highest BCUT2D eigenvalue weighted by Gasteiger charge is 2.41. The lowest BCUT2D eigenvalue weighted by molar-refractivity contribution is -0.152. The second kappa shape index (κ2) is 6.50. The highest BCUT2D eigenvalue weighted by molar-refractivity contribution is 5.82. The fourth-order valence-electron chi connectivity index (χ4n) is 2.10. The van der Waals surface area contributed by atoms with Gasteiger partial charge in [-0.3, -0.25) is 5.32 Å². The quantitative estimate of drug-likeness (QED) is 0.792. The molecule has 0 aromatic heterocycles. The van der Waals surface area contributed by atoms with Crippen molar-refractivity contribution in [2.45, 2.75) is 32.7 Å². The van der Waals surface area contributed by atoms with Gasteiger partial charge in [0.2, 0.25) is 0 Å². The average Bonchev–Trinajstić information content (AvgIpc) is 2.37. The average molecular weight is 253 g/mol. The summed E-state index contributed by atoms with van der Waals surface area (Å²) >= 11 is 0. The second-order valence-electron chi connectivity index (χ2n) is 3.99. The van der Waals surface area contributed by atoms with E-state index in [1.165, 1.54) is 6.07 Å². The fraction of sp³-hybridized carbons (Fsp3) is 0.500. The van der Waals surface area contributed by atoms with Crippen molar-refractivity contribution < 1.29 is 13.9 Å². The molecule has 0 amide bonds. The summed E-state index contributed by atoms with van der Waals surface area (Å²) in [5.41, 5.74) is -0.761. The van der Waals surface area contributed by atoms with E-state index in [0.717, 1.165) is 0 Å². The molecule has 0 spiro atoms. The number of hydrogen-bond donors (Lipinski definition) is 1. The van der Waals surface area contributed by atoms with Crippen LogP contribution in [0.3, 0.4) is 0 Å². The molecule has 1 N–H and O–H groups in total. The Morgan fingerprint density at radius 3 is 2.50 bits per heavy atom.